The van der Waals surface area contributed by atoms with Gasteiger partial charge in [-0.3, -0.25) is 4.79 Å². The van der Waals surface area contributed by atoms with Crippen molar-refractivity contribution in [3.05, 3.63) is 22.7 Å². The van der Waals surface area contributed by atoms with E-state index in [1.54, 1.807) is 6.92 Å². The van der Waals surface area contributed by atoms with E-state index in [2.05, 4.69) is 15.3 Å². The summed E-state index contributed by atoms with van der Waals surface area (Å²) in [6, 6.07) is 1.48. The summed E-state index contributed by atoms with van der Waals surface area (Å²) in [5.41, 5.74) is -0.534. The van der Waals surface area contributed by atoms with Crippen LogP contribution in [0.25, 0.3) is 0 Å². The molecular weight excluding hydrogens is 270 g/mol. The highest BCUT2D eigenvalue weighted by Gasteiger charge is 2.42. The third-order valence-corrected chi connectivity index (χ3v) is 3.45. The number of aliphatic carboxylic acids is 1. The topological polar surface area (TPSA) is 92.2 Å². The summed E-state index contributed by atoms with van der Waals surface area (Å²) in [6.45, 7) is 1.69. The summed E-state index contributed by atoms with van der Waals surface area (Å²) in [5, 5.41) is 11.8. The second-order valence-corrected chi connectivity index (χ2v) is 5.05. The summed E-state index contributed by atoms with van der Waals surface area (Å²) in [7, 11) is 0. The number of carboxylic acids is 1. The summed E-state index contributed by atoms with van der Waals surface area (Å²) >= 11 is 5.69. The van der Waals surface area contributed by atoms with Crippen molar-refractivity contribution in [2.24, 2.45) is 0 Å². The van der Waals surface area contributed by atoms with Gasteiger partial charge in [0.25, 0.3) is 5.91 Å². The number of hydrogen-bond acceptors (Lipinski definition) is 4. The Balaban J connectivity index is 2.22. The first-order valence-corrected chi connectivity index (χ1v) is 6.38. The van der Waals surface area contributed by atoms with Gasteiger partial charge in [0.15, 0.2) is 0 Å². The van der Waals surface area contributed by atoms with E-state index in [0.29, 0.717) is 18.5 Å². The fourth-order valence-corrected chi connectivity index (χ4v) is 2.53. The number of aromatic nitrogens is 2. The Morgan fingerprint density at radius 2 is 2.00 bits per heavy atom. The largest absolute Gasteiger partial charge is 0.480 e. The Kier molecular flexibility index (Phi) is 3.71. The molecule has 0 radical (unpaired) electrons. The van der Waals surface area contributed by atoms with Crippen LogP contribution in [-0.4, -0.2) is 32.5 Å². The van der Waals surface area contributed by atoms with Gasteiger partial charge >= 0.3 is 5.97 Å². The Hall–Kier alpha value is -1.69. The molecule has 7 heteroatoms. The molecule has 1 saturated carbocycles. The van der Waals surface area contributed by atoms with Gasteiger partial charge in [-0.05, 0) is 37.4 Å². The minimum atomic E-state index is -1.18. The predicted octanol–water partition coefficient (Wildman–Crippen LogP) is 1.57. The lowest BCUT2D eigenvalue weighted by atomic mass is 9.97. The van der Waals surface area contributed by atoms with Gasteiger partial charge in [-0.15, -0.1) is 0 Å². The molecule has 1 aromatic rings. The smallest absolute Gasteiger partial charge is 0.329 e. The number of amides is 1. The number of nitrogens with one attached hydrogen (secondary N) is 1. The third kappa shape index (κ3) is 2.84. The molecule has 1 aromatic heterocycles. The number of hydrogen-bond donors (Lipinski definition) is 2. The van der Waals surface area contributed by atoms with Crippen molar-refractivity contribution in [2.45, 2.75) is 38.1 Å². The number of carbonyl (C=O) groups excluding carboxylic acids is 1. The number of nitrogens with zero attached hydrogens (tertiary/aromatic N) is 2. The fourth-order valence-electron chi connectivity index (χ4n) is 2.30. The number of halogens is 1. The molecule has 0 unspecified atom stereocenters. The second kappa shape index (κ2) is 5.13. The Labute approximate surface area is 115 Å². The fraction of sp³-hybridized carbons (Fsp3) is 0.500. The molecule has 1 aliphatic carbocycles. The van der Waals surface area contributed by atoms with Crippen molar-refractivity contribution < 1.29 is 14.7 Å². The van der Waals surface area contributed by atoms with Crippen molar-refractivity contribution in [2.75, 3.05) is 0 Å². The molecule has 6 nitrogen and oxygen atoms in total. The highest BCUT2D eigenvalue weighted by Crippen LogP contribution is 2.30. The lowest BCUT2D eigenvalue weighted by molar-refractivity contribution is -0.144. The number of carboxylic acid groups (broad SMARTS) is 1. The summed E-state index contributed by atoms with van der Waals surface area (Å²) in [5.74, 6) is -1.54. The van der Waals surface area contributed by atoms with Gasteiger partial charge in [-0.2, -0.15) is 0 Å². The maximum atomic E-state index is 12.1. The molecule has 1 heterocycles. The molecule has 0 bridgehead atoms. The molecule has 0 atom stereocenters. The molecule has 0 spiro atoms. The number of rotatable bonds is 3. The average Bonchev–Trinajstić information content (AvgIpc) is 2.77. The summed E-state index contributed by atoms with van der Waals surface area (Å²) in [4.78, 5) is 31.1. The standard InChI is InChI=1S/C12H14ClN3O3/c1-7-6-8(15-11(13)14-7)9(17)16-12(10(18)19)4-2-3-5-12/h6H,2-5H2,1H3,(H,16,17)(H,18,19). The molecule has 2 rings (SSSR count). The van der Waals surface area contributed by atoms with E-state index in [4.69, 9.17) is 11.6 Å². The molecule has 19 heavy (non-hydrogen) atoms. The van der Waals surface area contributed by atoms with Crippen LogP contribution < -0.4 is 5.32 Å². The van der Waals surface area contributed by atoms with Crippen LogP contribution in [0, 0.1) is 6.92 Å². The van der Waals surface area contributed by atoms with Crippen molar-refractivity contribution in [3.8, 4) is 0 Å². The normalized spacial score (nSPS) is 17.2. The quantitative estimate of drug-likeness (QED) is 0.822. The van der Waals surface area contributed by atoms with Gasteiger partial charge in [0.2, 0.25) is 5.28 Å². The minimum Gasteiger partial charge on any atom is -0.480 e. The molecule has 1 amide bonds. The summed E-state index contributed by atoms with van der Waals surface area (Å²) < 4.78 is 0. The van der Waals surface area contributed by atoms with Gasteiger partial charge in [0, 0.05) is 5.69 Å². The zero-order chi connectivity index (χ0) is 14.0. The van der Waals surface area contributed by atoms with Crippen molar-refractivity contribution >= 4 is 23.5 Å². The maximum absolute atomic E-state index is 12.1. The van der Waals surface area contributed by atoms with Crippen LogP contribution >= 0.6 is 11.6 Å². The van der Waals surface area contributed by atoms with E-state index in [9.17, 15) is 14.7 Å². The van der Waals surface area contributed by atoms with E-state index < -0.39 is 17.4 Å². The van der Waals surface area contributed by atoms with Gasteiger partial charge in [0.1, 0.15) is 11.2 Å². The highest BCUT2D eigenvalue weighted by atomic mass is 35.5. The van der Waals surface area contributed by atoms with Crippen LogP contribution in [0.5, 0.6) is 0 Å². The third-order valence-electron chi connectivity index (χ3n) is 3.28. The average molecular weight is 284 g/mol. The second-order valence-electron chi connectivity index (χ2n) is 4.71. The Morgan fingerprint density at radius 3 is 2.53 bits per heavy atom. The van der Waals surface area contributed by atoms with E-state index in [1.165, 1.54) is 6.07 Å². The van der Waals surface area contributed by atoms with Crippen molar-refractivity contribution in [3.63, 3.8) is 0 Å². The van der Waals surface area contributed by atoms with Crippen LogP contribution in [0.4, 0.5) is 0 Å². The molecule has 0 saturated heterocycles. The van der Waals surface area contributed by atoms with Crippen molar-refractivity contribution in [1.82, 2.24) is 15.3 Å². The number of aryl methyl sites for hydroxylation is 1. The first-order chi connectivity index (χ1) is 8.93. The zero-order valence-electron chi connectivity index (χ0n) is 10.4. The molecular formula is C12H14ClN3O3. The monoisotopic (exact) mass is 283 g/mol. The minimum absolute atomic E-state index is 0.0269. The molecule has 0 aromatic carbocycles. The Morgan fingerprint density at radius 1 is 1.37 bits per heavy atom. The van der Waals surface area contributed by atoms with Gasteiger partial charge in [-0.25, -0.2) is 14.8 Å². The molecule has 0 aliphatic heterocycles. The van der Waals surface area contributed by atoms with Crippen LogP contribution in [0.2, 0.25) is 5.28 Å². The van der Waals surface area contributed by atoms with Gasteiger partial charge < -0.3 is 10.4 Å². The molecule has 1 fully saturated rings. The van der Waals surface area contributed by atoms with E-state index in [0.717, 1.165) is 12.8 Å². The van der Waals surface area contributed by atoms with E-state index >= 15 is 0 Å². The Bertz CT molecular complexity index is 507. The van der Waals surface area contributed by atoms with Crippen LogP contribution in [0.3, 0.4) is 0 Å². The first kappa shape index (κ1) is 13.7. The predicted molar refractivity (Wildman–Crippen MR) is 68.1 cm³/mol. The van der Waals surface area contributed by atoms with Crippen LogP contribution in [0.1, 0.15) is 41.9 Å². The SMILES string of the molecule is Cc1cc(C(=O)NC2(C(=O)O)CCCC2)nc(Cl)n1. The van der Waals surface area contributed by atoms with E-state index in [1.807, 2.05) is 0 Å². The molecule has 1 aliphatic rings. The molecule has 102 valence electrons. The van der Waals surface area contributed by atoms with Gasteiger partial charge in [-0.1, -0.05) is 12.8 Å². The van der Waals surface area contributed by atoms with Gasteiger partial charge in [0.05, 0.1) is 0 Å². The first-order valence-electron chi connectivity index (χ1n) is 6.00. The van der Waals surface area contributed by atoms with Crippen LogP contribution in [-0.2, 0) is 4.79 Å². The van der Waals surface area contributed by atoms with Crippen molar-refractivity contribution in [1.29, 1.82) is 0 Å². The lowest BCUT2D eigenvalue weighted by Crippen LogP contribution is -2.52. The number of carbonyl (C=O) groups is 2. The maximum Gasteiger partial charge on any atom is 0.329 e. The highest BCUT2D eigenvalue weighted by molar-refractivity contribution is 6.28. The lowest BCUT2D eigenvalue weighted by Gasteiger charge is -2.25. The molecule has 2 N–H and O–H groups in total. The van der Waals surface area contributed by atoms with Crippen LogP contribution in [0.15, 0.2) is 6.07 Å². The summed E-state index contributed by atoms with van der Waals surface area (Å²) in [6.07, 6.45) is 2.45. The van der Waals surface area contributed by atoms with E-state index in [-0.39, 0.29) is 11.0 Å². The zero-order valence-corrected chi connectivity index (χ0v) is 11.2.